The quantitative estimate of drug-likeness (QED) is 0.743. The molecule has 0 amide bonds. The molecular formula is C10H8ClN3O. The Balaban J connectivity index is 2.24. The zero-order valence-electron chi connectivity index (χ0n) is 7.80. The van der Waals surface area contributed by atoms with Crippen LogP contribution in [0, 0.1) is 0 Å². The summed E-state index contributed by atoms with van der Waals surface area (Å²) in [5, 5.41) is 4.15. The number of hydrogen-bond acceptors (Lipinski definition) is 3. The fourth-order valence-electron chi connectivity index (χ4n) is 1.25. The summed E-state index contributed by atoms with van der Waals surface area (Å²) < 4.78 is 1.49. The molecule has 4 nitrogen and oxygen atoms in total. The van der Waals surface area contributed by atoms with E-state index in [0.29, 0.717) is 12.8 Å². The number of carbonyl (C=O) groups excluding carboxylic acids is 1. The van der Waals surface area contributed by atoms with Gasteiger partial charge in [0, 0.05) is 0 Å². The summed E-state index contributed by atoms with van der Waals surface area (Å²) in [7, 11) is 0. The second kappa shape index (κ2) is 4.23. The number of halogens is 1. The van der Waals surface area contributed by atoms with E-state index in [1.807, 2.05) is 30.3 Å². The smallest absolute Gasteiger partial charge is 0.221 e. The number of carbonyl (C=O) groups is 1. The molecule has 0 bridgehead atoms. The van der Waals surface area contributed by atoms with Crippen molar-refractivity contribution in [3.05, 3.63) is 47.0 Å². The Labute approximate surface area is 91.5 Å². The van der Waals surface area contributed by atoms with Gasteiger partial charge in [-0.05, 0) is 17.2 Å². The van der Waals surface area contributed by atoms with Crippen molar-refractivity contribution in [2.24, 2.45) is 0 Å². The first-order chi connectivity index (χ1) is 7.29. The molecule has 76 valence electrons. The molecule has 2 aromatic rings. The van der Waals surface area contributed by atoms with Crippen LogP contribution in [0.3, 0.4) is 0 Å². The highest BCUT2D eigenvalue weighted by molar-refractivity contribution is 6.28. The van der Waals surface area contributed by atoms with E-state index in [1.54, 1.807) is 0 Å². The van der Waals surface area contributed by atoms with Crippen molar-refractivity contribution in [2.75, 3.05) is 0 Å². The van der Waals surface area contributed by atoms with Crippen molar-refractivity contribution >= 4 is 17.9 Å². The van der Waals surface area contributed by atoms with Crippen LogP contribution in [0.5, 0.6) is 0 Å². The van der Waals surface area contributed by atoms with E-state index >= 15 is 0 Å². The van der Waals surface area contributed by atoms with Crippen LogP contribution in [0.25, 0.3) is 0 Å². The second-order valence-electron chi connectivity index (χ2n) is 3.00. The molecule has 0 saturated heterocycles. The average molecular weight is 222 g/mol. The van der Waals surface area contributed by atoms with E-state index in [1.165, 1.54) is 4.68 Å². The highest BCUT2D eigenvalue weighted by Crippen LogP contribution is 2.08. The molecule has 1 heterocycles. The number of aldehydes is 1. The third-order valence-electron chi connectivity index (χ3n) is 1.92. The summed E-state index contributed by atoms with van der Waals surface area (Å²) in [6, 6.07) is 9.71. The maximum atomic E-state index is 10.4. The molecule has 2 rings (SSSR count). The molecule has 0 unspecified atom stereocenters. The SMILES string of the molecule is O=Cc1nc(Cl)n(Cc2ccccc2)n1. The molecule has 0 fully saturated rings. The van der Waals surface area contributed by atoms with Gasteiger partial charge >= 0.3 is 0 Å². The van der Waals surface area contributed by atoms with Gasteiger partial charge in [-0.15, -0.1) is 5.10 Å². The van der Waals surface area contributed by atoms with E-state index in [2.05, 4.69) is 10.1 Å². The molecule has 0 radical (unpaired) electrons. The van der Waals surface area contributed by atoms with Crippen LogP contribution in [-0.2, 0) is 6.54 Å². The zero-order chi connectivity index (χ0) is 10.7. The summed E-state index contributed by atoms with van der Waals surface area (Å²) in [4.78, 5) is 14.2. The Morgan fingerprint density at radius 3 is 2.67 bits per heavy atom. The van der Waals surface area contributed by atoms with Gasteiger partial charge in [0.2, 0.25) is 11.1 Å². The third kappa shape index (κ3) is 2.22. The monoisotopic (exact) mass is 221 g/mol. The predicted molar refractivity (Wildman–Crippen MR) is 56.0 cm³/mol. The van der Waals surface area contributed by atoms with Crippen molar-refractivity contribution in [3.63, 3.8) is 0 Å². The maximum Gasteiger partial charge on any atom is 0.221 e. The normalized spacial score (nSPS) is 10.2. The summed E-state index contributed by atoms with van der Waals surface area (Å²) in [5.41, 5.74) is 1.06. The zero-order valence-corrected chi connectivity index (χ0v) is 8.55. The van der Waals surface area contributed by atoms with Crippen molar-refractivity contribution in [2.45, 2.75) is 6.54 Å². The lowest BCUT2D eigenvalue weighted by Gasteiger charge is -2.00. The molecule has 0 spiro atoms. The highest BCUT2D eigenvalue weighted by atomic mass is 35.5. The largest absolute Gasteiger partial charge is 0.294 e. The summed E-state index contributed by atoms with van der Waals surface area (Å²) in [6.07, 6.45) is 0.577. The molecule has 1 aromatic carbocycles. The molecule has 5 heteroatoms. The van der Waals surface area contributed by atoms with Crippen LogP contribution >= 0.6 is 11.6 Å². The standard InChI is InChI=1S/C10H8ClN3O/c11-10-12-9(7-15)13-14(10)6-8-4-2-1-3-5-8/h1-5,7H,6H2. The minimum Gasteiger partial charge on any atom is -0.294 e. The average Bonchev–Trinajstić information content (AvgIpc) is 2.61. The Morgan fingerprint density at radius 2 is 2.07 bits per heavy atom. The van der Waals surface area contributed by atoms with Gasteiger partial charge in [0.15, 0.2) is 6.29 Å². The lowest BCUT2D eigenvalue weighted by molar-refractivity contribution is 0.111. The molecule has 15 heavy (non-hydrogen) atoms. The van der Waals surface area contributed by atoms with Crippen LogP contribution in [0.2, 0.25) is 5.28 Å². The van der Waals surface area contributed by atoms with Gasteiger partial charge < -0.3 is 0 Å². The van der Waals surface area contributed by atoms with Gasteiger partial charge in [-0.25, -0.2) is 4.68 Å². The summed E-state index contributed by atoms with van der Waals surface area (Å²) in [6.45, 7) is 0.514. The lowest BCUT2D eigenvalue weighted by atomic mass is 10.2. The van der Waals surface area contributed by atoms with Crippen LogP contribution < -0.4 is 0 Å². The van der Waals surface area contributed by atoms with Crippen molar-refractivity contribution in [3.8, 4) is 0 Å². The first kappa shape index (κ1) is 9.86. The van der Waals surface area contributed by atoms with E-state index < -0.39 is 0 Å². The molecule has 0 saturated carbocycles. The molecule has 0 aliphatic carbocycles. The minimum atomic E-state index is 0.107. The van der Waals surface area contributed by atoms with Gasteiger partial charge in [-0.2, -0.15) is 4.98 Å². The first-order valence-corrected chi connectivity index (χ1v) is 4.77. The molecular weight excluding hydrogens is 214 g/mol. The minimum absolute atomic E-state index is 0.107. The van der Waals surface area contributed by atoms with E-state index in [0.717, 1.165) is 5.56 Å². The Bertz CT molecular complexity index is 467. The number of nitrogens with zero attached hydrogens (tertiary/aromatic N) is 3. The molecule has 0 N–H and O–H groups in total. The Morgan fingerprint density at radius 1 is 1.33 bits per heavy atom. The highest BCUT2D eigenvalue weighted by Gasteiger charge is 2.06. The van der Waals surface area contributed by atoms with Gasteiger partial charge in [0.1, 0.15) is 0 Å². The summed E-state index contributed by atoms with van der Waals surface area (Å²) >= 11 is 5.80. The lowest BCUT2D eigenvalue weighted by Crippen LogP contribution is -2.02. The molecule has 0 aliphatic heterocycles. The number of benzene rings is 1. The van der Waals surface area contributed by atoms with E-state index in [4.69, 9.17) is 11.6 Å². The number of aromatic nitrogens is 3. The first-order valence-electron chi connectivity index (χ1n) is 4.39. The van der Waals surface area contributed by atoms with Crippen molar-refractivity contribution < 1.29 is 4.79 Å². The third-order valence-corrected chi connectivity index (χ3v) is 2.20. The van der Waals surface area contributed by atoms with Gasteiger partial charge in [-0.1, -0.05) is 30.3 Å². The second-order valence-corrected chi connectivity index (χ2v) is 3.34. The Hall–Kier alpha value is -1.68. The number of hydrogen-bond donors (Lipinski definition) is 0. The number of rotatable bonds is 3. The summed E-state index contributed by atoms with van der Waals surface area (Å²) in [5.74, 6) is 0.107. The van der Waals surface area contributed by atoms with Crippen LogP contribution in [0.15, 0.2) is 30.3 Å². The fraction of sp³-hybridized carbons (Fsp3) is 0.100. The fourth-order valence-corrected chi connectivity index (χ4v) is 1.43. The Kier molecular flexibility index (Phi) is 2.78. The van der Waals surface area contributed by atoms with Gasteiger partial charge in [0.05, 0.1) is 6.54 Å². The van der Waals surface area contributed by atoms with Crippen LogP contribution in [0.4, 0.5) is 0 Å². The van der Waals surface area contributed by atoms with Gasteiger partial charge in [0.25, 0.3) is 0 Å². The molecule has 0 aliphatic rings. The maximum absolute atomic E-state index is 10.4. The van der Waals surface area contributed by atoms with Crippen molar-refractivity contribution in [1.82, 2.24) is 14.8 Å². The van der Waals surface area contributed by atoms with Gasteiger partial charge in [-0.3, -0.25) is 4.79 Å². The molecule has 1 aromatic heterocycles. The van der Waals surface area contributed by atoms with E-state index in [9.17, 15) is 4.79 Å². The molecule has 0 atom stereocenters. The van der Waals surface area contributed by atoms with Crippen LogP contribution in [0.1, 0.15) is 16.2 Å². The topological polar surface area (TPSA) is 47.8 Å². The van der Waals surface area contributed by atoms with Crippen LogP contribution in [-0.4, -0.2) is 21.1 Å². The van der Waals surface area contributed by atoms with E-state index in [-0.39, 0.29) is 11.1 Å². The predicted octanol–water partition coefficient (Wildman–Crippen LogP) is 1.79. The van der Waals surface area contributed by atoms with Crippen molar-refractivity contribution in [1.29, 1.82) is 0 Å².